The van der Waals surface area contributed by atoms with E-state index in [1.54, 1.807) is 6.07 Å². The van der Waals surface area contributed by atoms with Crippen LogP contribution >= 0.6 is 0 Å². The van der Waals surface area contributed by atoms with E-state index in [-0.39, 0.29) is 5.82 Å². The molecule has 0 unspecified atom stereocenters. The van der Waals surface area contributed by atoms with Crippen LogP contribution in [0.2, 0.25) is 0 Å². The molecule has 0 aliphatic heterocycles. The predicted octanol–water partition coefficient (Wildman–Crippen LogP) is 9.10. The average molecular weight is 455 g/mol. The van der Waals surface area contributed by atoms with Crippen molar-refractivity contribution in [2.24, 2.45) is 5.92 Å². The third kappa shape index (κ3) is 6.12. The van der Waals surface area contributed by atoms with E-state index in [2.05, 4.69) is 49.9 Å². The van der Waals surface area contributed by atoms with Gasteiger partial charge in [0.15, 0.2) is 0 Å². The molecule has 0 N–H and O–H groups in total. The summed E-state index contributed by atoms with van der Waals surface area (Å²) in [6, 6.07) is 22.2. The summed E-state index contributed by atoms with van der Waals surface area (Å²) in [6.07, 6.45) is 12.2. The van der Waals surface area contributed by atoms with E-state index in [0.29, 0.717) is 30.6 Å². The topological polar surface area (TPSA) is 9.23 Å². The van der Waals surface area contributed by atoms with E-state index >= 15 is 4.39 Å². The van der Waals surface area contributed by atoms with Crippen LogP contribution in [-0.2, 0) is 11.3 Å². The van der Waals surface area contributed by atoms with E-state index < -0.39 is 0 Å². The highest BCUT2D eigenvalue weighted by Gasteiger charge is 2.20. The number of benzene rings is 3. The molecular weight excluding hydrogens is 419 g/mol. The average Bonchev–Trinajstić information content (AvgIpc) is 2.89. The summed E-state index contributed by atoms with van der Waals surface area (Å²) >= 11 is 0. The second-order valence-corrected chi connectivity index (χ2v) is 9.26. The van der Waals surface area contributed by atoms with Gasteiger partial charge in [-0.15, -0.1) is 6.58 Å². The summed E-state index contributed by atoms with van der Waals surface area (Å²) in [4.78, 5) is 0. The molecular formula is C32H35FO. The van der Waals surface area contributed by atoms with Crippen molar-refractivity contribution in [3.05, 3.63) is 108 Å². The molecule has 1 aliphatic rings. The first-order valence-electron chi connectivity index (χ1n) is 12.5. The SMILES string of the molecule is C=CC1CCC(c2ccc(-c3ccc(-c4ccc(COCC=CCC)cc4)c(F)c3)cc2)CC1. The minimum atomic E-state index is -0.196. The third-order valence-corrected chi connectivity index (χ3v) is 6.94. The number of hydrogen-bond donors (Lipinski definition) is 0. The van der Waals surface area contributed by atoms with Crippen LogP contribution in [0, 0.1) is 11.7 Å². The van der Waals surface area contributed by atoms with Gasteiger partial charge in [-0.3, -0.25) is 0 Å². The maximum absolute atomic E-state index is 15.0. The fourth-order valence-corrected chi connectivity index (χ4v) is 4.82. The van der Waals surface area contributed by atoms with Crippen molar-refractivity contribution in [1.29, 1.82) is 0 Å². The Bertz CT molecular complexity index is 1090. The summed E-state index contributed by atoms with van der Waals surface area (Å²) in [5, 5.41) is 0. The Morgan fingerprint density at radius 2 is 1.53 bits per heavy atom. The van der Waals surface area contributed by atoms with Gasteiger partial charge in [0.05, 0.1) is 13.2 Å². The molecule has 0 aromatic heterocycles. The smallest absolute Gasteiger partial charge is 0.131 e. The maximum atomic E-state index is 15.0. The van der Waals surface area contributed by atoms with Crippen LogP contribution in [0.4, 0.5) is 4.39 Å². The summed E-state index contributed by atoms with van der Waals surface area (Å²) in [5.74, 6) is 1.11. The van der Waals surface area contributed by atoms with Crippen molar-refractivity contribution in [3.63, 3.8) is 0 Å². The summed E-state index contributed by atoms with van der Waals surface area (Å²) in [5.41, 5.74) is 5.95. The molecule has 0 saturated heterocycles. The molecule has 1 nitrogen and oxygen atoms in total. The number of hydrogen-bond acceptors (Lipinski definition) is 1. The lowest BCUT2D eigenvalue weighted by molar-refractivity contribution is 0.148. The van der Waals surface area contributed by atoms with Gasteiger partial charge in [-0.05, 0) is 77.8 Å². The van der Waals surface area contributed by atoms with Crippen LogP contribution in [0.15, 0.2) is 91.5 Å². The van der Waals surface area contributed by atoms with Crippen LogP contribution in [-0.4, -0.2) is 6.61 Å². The fraction of sp³-hybridized carbons (Fsp3) is 0.312. The van der Waals surface area contributed by atoms with Gasteiger partial charge in [0, 0.05) is 5.56 Å². The van der Waals surface area contributed by atoms with Crippen LogP contribution < -0.4 is 0 Å². The molecule has 1 aliphatic carbocycles. The van der Waals surface area contributed by atoms with E-state index in [0.717, 1.165) is 28.7 Å². The summed E-state index contributed by atoms with van der Waals surface area (Å²) < 4.78 is 20.7. The summed E-state index contributed by atoms with van der Waals surface area (Å²) in [7, 11) is 0. The largest absolute Gasteiger partial charge is 0.373 e. The number of allylic oxidation sites excluding steroid dienone is 2. The van der Waals surface area contributed by atoms with Gasteiger partial charge in [-0.2, -0.15) is 0 Å². The Kier molecular flexibility index (Phi) is 8.49. The first-order chi connectivity index (χ1) is 16.7. The van der Waals surface area contributed by atoms with Crippen molar-refractivity contribution in [2.45, 2.75) is 51.6 Å². The first kappa shape index (κ1) is 24.2. The highest BCUT2D eigenvalue weighted by Crippen LogP contribution is 2.37. The molecule has 176 valence electrons. The highest BCUT2D eigenvalue weighted by molar-refractivity contribution is 5.71. The van der Waals surface area contributed by atoms with Crippen LogP contribution in [0.5, 0.6) is 0 Å². The zero-order valence-corrected chi connectivity index (χ0v) is 20.2. The zero-order chi connectivity index (χ0) is 23.8. The molecule has 0 heterocycles. The van der Waals surface area contributed by atoms with Gasteiger partial charge in [-0.25, -0.2) is 4.39 Å². The Labute approximate surface area is 204 Å². The van der Waals surface area contributed by atoms with Crippen LogP contribution in [0.3, 0.4) is 0 Å². The lowest BCUT2D eigenvalue weighted by atomic mass is 9.78. The molecule has 0 spiro atoms. The van der Waals surface area contributed by atoms with Gasteiger partial charge < -0.3 is 4.74 Å². The van der Waals surface area contributed by atoms with Crippen molar-refractivity contribution in [3.8, 4) is 22.3 Å². The number of ether oxygens (including phenoxy) is 1. The van der Waals surface area contributed by atoms with E-state index in [9.17, 15) is 0 Å². The van der Waals surface area contributed by atoms with Crippen molar-refractivity contribution in [1.82, 2.24) is 0 Å². The van der Waals surface area contributed by atoms with E-state index in [4.69, 9.17) is 4.74 Å². The van der Waals surface area contributed by atoms with E-state index in [1.165, 1.54) is 31.2 Å². The normalized spacial score (nSPS) is 18.3. The Balaban J connectivity index is 1.40. The molecule has 0 amide bonds. The lowest BCUT2D eigenvalue weighted by Gasteiger charge is -2.27. The second-order valence-electron chi connectivity index (χ2n) is 9.26. The molecule has 1 fully saturated rings. The third-order valence-electron chi connectivity index (χ3n) is 6.94. The molecule has 0 atom stereocenters. The maximum Gasteiger partial charge on any atom is 0.131 e. The molecule has 0 bridgehead atoms. The molecule has 0 radical (unpaired) electrons. The number of halogens is 1. The monoisotopic (exact) mass is 454 g/mol. The fourth-order valence-electron chi connectivity index (χ4n) is 4.82. The first-order valence-corrected chi connectivity index (χ1v) is 12.5. The van der Waals surface area contributed by atoms with Crippen molar-refractivity contribution in [2.75, 3.05) is 6.61 Å². The van der Waals surface area contributed by atoms with Gasteiger partial charge >= 0.3 is 0 Å². The summed E-state index contributed by atoms with van der Waals surface area (Å²) in [6.45, 7) is 7.22. The second kappa shape index (κ2) is 11.9. The predicted molar refractivity (Wildman–Crippen MR) is 141 cm³/mol. The van der Waals surface area contributed by atoms with Crippen molar-refractivity contribution < 1.29 is 9.13 Å². The standard InChI is InChI=1S/C32H35FO/c1-3-5-6-21-34-23-25-9-13-29(14-10-25)31-20-19-30(22-32(31)33)28-17-15-27(16-18-28)26-11-7-24(4-2)8-12-26/h4-6,9-10,13-20,22,24,26H,2-3,7-8,11-12,21,23H2,1H3. The van der Waals surface area contributed by atoms with E-state index in [1.807, 2.05) is 42.5 Å². The van der Waals surface area contributed by atoms with Gasteiger partial charge in [0.1, 0.15) is 5.82 Å². The lowest BCUT2D eigenvalue weighted by Crippen LogP contribution is -2.11. The minimum absolute atomic E-state index is 0.196. The van der Waals surface area contributed by atoms with Gasteiger partial charge in [0.25, 0.3) is 0 Å². The quantitative estimate of drug-likeness (QED) is 0.231. The molecule has 34 heavy (non-hydrogen) atoms. The molecule has 2 heteroatoms. The molecule has 1 saturated carbocycles. The van der Waals surface area contributed by atoms with Gasteiger partial charge in [-0.1, -0.05) is 85.8 Å². The molecule has 4 rings (SSSR count). The minimum Gasteiger partial charge on any atom is -0.373 e. The Morgan fingerprint density at radius 3 is 2.18 bits per heavy atom. The molecule has 3 aromatic rings. The number of rotatable bonds is 9. The Hall–Kier alpha value is -2.97. The van der Waals surface area contributed by atoms with Crippen LogP contribution in [0.25, 0.3) is 22.3 Å². The van der Waals surface area contributed by atoms with Crippen LogP contribution in [0.1, 0.15) is 56.1 Å². The zero-order valence-electron chi connectivity index (χ0n) is 20.2. The molecule has 3 aromatic carbocycles. The van der Waals surface area contributed by atoms with Gasteiger partial charge in [0.2, 0.25) is 0 Å². The van der Waals surface area contributed by atoms with Crippen molar-refractivity contribution >= 4 is 0 Å². The Morgan fingerprint density at radius 1 is 0.853 bits per heavy atom. The highest BCUT2D eigenvalue weighted by atomic mass is 19.1.